The second-order valence-corrected chi connectivity index (χ2v) is 7.41. The first-order valence-electron chi connectivity index (χ1n) is 9.59. The van der Waals surface area contributed by atoms with E-state index in [1.54, 1.807) is 0 Å². The van der Waals surface area contributed by atoms with Gasteiger partial charge in [0.1, 0.15) is 5.82 Å². The molecule has 140 valence electrons. The summed E-state index contributed by atoms with van der Waals surface area (Å²) in [4.78, 5) is 9.47. The number of hydrogen-bond donors (Lipinski definition) is 2. The lowest BCUT2D eigenvalue weighted by Crippen LogP contribution is -2.06. The summed E-state index contributed by atoms with van der Waals surface area (Å²) in [5.74, 6) is 1.21. The molecule has 0 spiro atoms. The highest BCUT2D eigenvalue weighted by Crippen LogP contribution is 2.33. The number of aryl methyl sites for hydroxylation is 1. The van der Waals surface area contributed by atoms with Crippen LogP contribution < -0.4 is 11.1 Å². The van der Waals surface area contributed by atoms with Gasteiger partial charge in [-0.2, -0.15) is 4.98 Å². The Bertz CT molecular complexity index is 1140. The van der Waals surface area contributed by atoms with Crippen LogP contribution in [0, 0.1) is 6.92 Å². The van der Waals surface area contributed by atoms with Gasteiger partial charge < -0.3 is 11.1 Å². The van der Waals surface area contributed by atoms with E-state index in [2.05, 4.69) is 47.6 Å². The first-order valence-corrected chi connectivity index (χ1v) is 9.59. The first-order chi connectivity index (χ1) is 13.7. The second-order valence-electron chi connectivity index (χ2n) is 7.41. The maximum absolute atomic E-state index is 6.53. The number of rotatable bonds is 5. The van der Waals surface area contributed by atoms with Gasteiger partial charge in [0, 0.05) is 11.6 Å². The number of fused-ring (bicyclic) bond motifs is 1. The van der Waals surface area contributed by atoms with Gasteiger partial charge in [-0.3, -0.25) is 0 Å². The van der Waals surface area contributed by atoms with Crippen molar-refractivity contribution in [2.45, 2.75) is 32.4 Å². The molecule has 4 aromatic rings. The fraction of sp³-hybridized carbons (Fsp3) is 0.227. The molecule has 0 saturated heterocycles. The van der Waals surface area contributed by atoms with Crippen LogP contribution in [0.15, 0.2) is 54.6 Å². The monoisotopic (exact) mass is 370 g/mol. The summed E-state index contributed by atoms with van der Waals surface area (Å²) in [6.07, 6.45) is 2.32. The van der Waals surface area contributed by atoms with Crippen molar-refractivity contribution in [1.82, 2.24) is 19.7 Å². The van der Waals surface area contributed by atoms with E-state index in [4.69, 9.17) is 15.8 Å². The molecule has 2 heterocycles. The summed E-state index contributed by atoms with van der Waals surface area (Å²) in [6, 6.07) is 18.9. The minimum Gasteiger partial charge on any atom is -0.383 e. The van der Waals surface area contributed by atoms with Gasteiger partial charge in [0.15, 0.2) is 5.65 Å². The van der Waals surface area contributed by atoms with E-state index in [9.17, 15) is 0 Å². The van der Waals surface area contributed by atoms with Crippen LogP contribution >= 0.6 is 0 Å². The summed E-state index contributed by atoms with van der Waals surface area (Å²) in [6.45, 7) is 2.68. The molecule has 28 heavy (non-hydrogen) atoms. The molecule has 0 bridgehead atoms. The molecule has 0 atom stereocenters. The van der Waals surface area contributed by atoms with Gasteiger partial charge in [-0.1, -0.05) is 54.1 Å². The molecule has 2 aromatic heterocycles. The SMILES string of the molecule is Cc1cccc(-c2nc(NC3CC3)nc3nn(Cc4ccccc4)c(N)c23)c1. The number of nitrogens with one attached hydrogen (secondary N) is 1. The molecule has 0 aliphatic heterocycles. The Morgan fingerprint density at radius 1 is 1.07 bits per heavy atom. The number of nitrogen functional groups attached to an aromatic ring is 1. The highest BCUT2D eigenvalue weighted by molar-refractivity contribution is 5.99. The Hall–Kier alpha value is -3.41. The van der Waals surface area contributed by atoms with Gasteiger partial charge in [0.05, 0.1) is 17.6 Å². The Kier molecular flexibility index (Phi) is 3.97. The van der Waals surface area contributed by atoms with Crippen molar-refractivity contribution in [3.05, 3.63) is 65.7 Å². The maximum Gasteiger partial charge on any atom is 0.225 e. The summed E-state index contributed by atoms with van der Waals surface area (Å²) in [5, 5.41) is 8.91. The molecule has 1 aliphatic rings. The zero-order valence-corrected chi connectivity index (χ0v) is 15.8. The number of aromatic nitrogens is 4. The number of benzene rings is 2. The van der Waals surface area contributed by atoms with Crippen LogP contribution in [0.1, 0.15) is 24.0 Å². The summed E-state index contributed by atoms with van der Waals surface area (Å²) >= 11 is 0. The van der Waals surface area contributed by atoms with Gasteiger partial charge in [-0.15, -0.1) is 5.10 Å². The Balaban J connectivity index is 1.66. The van der Waals surface area contributed by atoms with Crippen LogP contribution in [-0.2, 0) is 6.54 Å². The van der Waals surface area contributed by atoms with E-state index >= 15 is 0 Å². The van der Waals surface area contributed by atoms with Gasteiger partial charge in [-0.25, -0.2) is 9.67 Å². The highest BCUT2D eigenvalue weighted by atomic mass is 15.3. The van der Waals surface area contributed by atoms with Crippen molar-refractivity contribution >= 4 is 22.8 Å². The number of anilines is 2. The molecule has 0 radical (unpaired) electrons. The average molecular weight is 370 g/mol. The van der Waals surface area contributed by atoms with Gasteiger partial charge >= 0.3 is 0 Å². The predicted molar refractivity (Wildman–Crippen MR) is 112 cm³/mol. The van der Waals surface area contributed by atoms with Gasteiger partial charge in [0.2, 0.25) is 5.95 Å². The lowest BCUT2D eigenvalue weighted by atomic mass is 10.1. The molecular formula is C22H22N6. The predicted octanol–water partition coefficient (Wildman–Crippen LogP) is 4.01. The maximum atomic E-state index is 6.53. The average Bonchev–Trinajstić information content (AvgIpc) is 3.46. The third-order valence-electron chi connectivity index (χ3n) is 5.02. The lowest BCUT2D eigenvalue weighted by molar-refractivity contribution is 0.703. The zero-order chi connectivity index (χ0) is 19.1. The molecule has 0 amide bonds. The van der Waals surface area contributed by atoms with Crippen molar-refractivity contribution in [1.29, 1.82) is 0 Å². The molecule has 2 aromatic carbocycles. The Labute approximate surface area is 163 Å². The molecule has 1 fully saturated rings. The molecular weight excluding hydrogens is 348 g/mol. The van der Waals surface area contributed by atoms with Crippen LogP contribution in [0.5, 0.6) is 0 Å². The fourth-order valence-electron chi connectivity index (χ4n) is 3.41. The molecule has 0 unspecified atom stereocenters. The third kappa shape index (κ3) is 3.17. The summed E-state index contributed by atoms with van der Waals surface area (Å²) < 4.78 is 1.81. The van der Waals surface area contributed by atoms with E-state index in [0.717, 1.165) is 35.0 Å². The molecule has 6 nitrogen and oxygen atoms in total. The van der Waals surface area contributed by atoms with Crippen molar-refractivity contribution in [3.8, 4) is 11.3 Å². The molecule has 3 N–H and O–H groups in total. The molecule has 1 aliphatic carbocycles. The highest BCUT2D eigenvalue weighted by Gasteiger charge is 2.24. The van der Waals surface area contributed by atoms with Gasteiger partial charge in [0.25, 0.3) is 0 Å². The smallest absolute Gasteiger partial charge is 0.225 e. The van der Waals surface area contributed by atoms with Crippen LogP contribution in [0.25, 0.3) is 22.3 Å². The normalized spacial score (nSPS) is 13.8. The van der Waals surface area contributed by atoms with E-state index in [1.807, 2.05) is 28.9 Å². The molecule has 6 heteroatoms. The molecule has 5 rings (SSSR count). The Morgan fingerprint density at radius 3 is 2.64 bits per heavy atom. The third-order valence-corrected chi connectivity index (χ3v) is 5.02. The summed E-state index contributed by atoms with van der Waals surface area (Å²) in [7, 11) is 0. The van der Waals surface area contributed by atoms with Crippen LogP contribution in [0.2, 0.25) is 0 Å². The fourth-order valence-corrected chi connectivity index (χ4v) is 3.41. The Morgan fingerprint density at radius 2 is 1.89 bits per heavy atom. The lowest BCUT2D eigenvalue weighted by Gasteiger charge is -2.08. The largest absolute Gasteiger partial charge is 0.383 e. The van der Waals surface area contributed by atoms with E-state index in [0.29, 0.717) is 30.0 Å². The standard InChI is InChI=1S/C22H22N6/c1-14-6-5-9-16(12-14)19-18-20(23)28(13-15-7-3-2-4-8-15)27-21(18)26-22(25-19)24-17-10-11-17/h2-9,12,17H,10-11,13,23H2,1H3,(H,24,26,27). The zero-order valence-electron chi connectivity index (χ0n) is 15.8. The number of nitrogens with zero attached hydrogens (tertiary/aromatic N) is 4. The van der Waals surface area contributed by atoms with Crippen LogP contribution in [0.4, 0.5) is 11.8 Å². The molecule has 1 saturated carbocycles. The number of nitrogens with two attached hydrogens (primary N) is 1. The van der Waals surface area contributed by atoms with E-state index in [1.165, 1.54) is 5.56 Å². The van der Waals surface area contributed by atoms with Crippen LogP contribution in [-0.4, -0.2) is 25.8 Å². The van der Waals surface area contributed by atoms with Crippen molar-refractivity contribution < 1.29 is 0 Å². The second kappa shape index (κ2) is 6.64. The van der Waals surface area contributed by atoms with Crippen LogP contribution in [0.3, 0.4) is 0 Å². The van der Waals surface area contributed by atoms with E-state index < -0.39 is 0 Å². The van der Waals surface area contributed by atoms with Gasteiger partial charge in [-0.05, 0) is 31.4 Å². The first kappa shape index (κ1) is 16.7. The minimum atomic E-state index is 0.464. The van der Waals surface area contributed by atoms with E-state index in [-0.39, 0.29) is 0 Å². The minimum absolute atomic E-state index is 0.464. The quantitative estimate of drug-likeness (QED) is 0.555. The topological polar surface area (TPSA) is 81.7 Å². The van der Waals surface area contributed by atoms with Crippen molar-refractivity contribution in [2.24, 2.45) is 0 Å². The van der Waals surface area contributed by atoms with Crippen molar-refractivity contribution in [3.63, 3.8) is 0 Å². The van der Waals surface area contributed by atoms with Crippen molar-refractivity contribution in [2.75, 3.05) is 11.1 Å². The number of hydrogen-bond acceptors (Lipinski definition) is 5. The summed E-state index contributed by atoms with van der Waals surface area (Å²) in [5.41, 5.74) is 11.3.